The summed E-state index contributed by atoms with van der Waals surface area (Å²) in [6, 6.07) is 8.78. The number of hydrogen-bond acceptors (Lipinski definition) is 3. The van der Waals surface area contributed by atoms with Gasteiger partial charge in [0.1, 0.15) is 5.75 Å². The number of para-hydroxylation sites is 1. The van der Waals surface area contributed by atoms with Crippen molar-refractivity contribution in [3.05, 3.63) is 29.8 Å². The van der Waals surface area contributed by atoms with Gasteiger partial charge < -0.3 is 15.0 Å². The minimum atomic E-state index is 0.0574. The van der Waals surface area contributed by atoms with Crippen LogP contribution in [0, 0.1) is 0 Å². The summed E-state index contributed by atoms with van der Waals surface area (Å²) in [5, 5.41) is 3.26. The van der Waals surface area contributed by atoms with Gasteiger partial charge in [0.05, 0.1) is 12.6 Å². The summed E-state index contributed by atoms with van der Waals surface area (Å²) in [6.45, 7) is 4.87. The van der Waals surface area contributed by atoms with Crippen molar-refractivity contribution in [2.24, 2.45) is 0 Å². The van der Waals surface area contributed by atoms with Crippen LogP contribution in [0.2, 0.25) is 0 Å². The van der Waals surface area contributed by atoms with E-state index < -0.39 is 0 Å². The molecule has 3 heterocycles. The zero-order chi connectivity index (χ0) is 16.4. The highest BCUT2D eigenvalue weighted by molar-refractivity contribution is 5.75. The molecule has 0 saturated carbocycles. The van der Waals surface area contributed by atoms with Crippen molar-refractivity contribution in [1.82, 2.24) is 15.1 Å². The third kappa shape index (κ3) is 3.22. The van der Waals surface area contributed by atoms with E-state index in [2.05, 4.69) is 16.3 Å². The van der Waals surface area contributed by atoms with Crippen molar-refractivity contribution in [3.8, 4) is 5.75 Å². The summed E-state index contributed by atoms with van der Waals surface area (Å²) in [4.78, 5) is 17.3. The molecule has 2 unspecified atom stereocenters. The molecule has 0 bridgehead atoms. The molecule has 130 valence electrons. The van der Waals surface area contributed by atoms with E-state index in [-0.39, 0.29) is 12.1 Å². The van der Waals surface area contributed by atoms with Crippen molar-refractivity contribution in [3.63, 3.8) is 0 Å². The van der Waals surface area contributed by atoms with Gasteiger partial charge >= 0.3 is 6.03 Å². The largest absolute Gasteiger partial charge is 0.493 e. The highest BCUT2D eigenvalue weighted by Gasteiger charge is 2.32. The monoisotopic (exact) mass is 329 g/mol. The van der Waals surface area contributed by atoms with E-state index in [9.17, 15) is 4.79 Å². The number of ether oxygens (including phenoxy) is 1. The highest BCUT2D eigenvalue weighted by atomic mass is 16.5. The van der Waals surface area contributed by atoms with Gasteiger partial charge in [-0.3, -0.25) is 4.90 Å². The maximum Gasteiger partial charge on any atom is 0.317 e. The molecule has 1 N–H and O–H groups in total. The molecule has 4 rings (SSSR count). The summed E-state index contributed by atoms with van der Waals surface area (Å²) in [6.07, 6.45) is 5.63. The lowest BCUT2D eigenvalue weighted by Gasteiger charge is -2.25. The number of nitrogens with one attached hydrogen (secondary N) is 1. The second-order valence-electron chi connectivity index (χ2n) is 7.16. The third-order valence-electron chi connectivity index (χ3n) is 5.59. The van der Waals surface area contributed by atoms with Crippen molar-refractivity contribution in [2.75, 3.05) is 32.8 Å². The quantitative estimate of drug-likeness (QED) is 0.907. The van der Waals surface area contributed by atoms with Gasteiger partial charge in [0.25, 0.3) is 0 Å². The number of hydrogen-bond donors (Lipinski definition) is 1. The Bertz CT molecular complexity index is 586. The van der Waals surface area contributed by atoms with Crippen LogP contribution in [0.4, 0.5) is 4.79 Å². The molecule has 1 aromatic rings. The first-order valence-corrected chi connectivity index (χ1v) is 9.32. The van der Waals surface area contributed by atoms with Crippen molar-refractivity contribution < 1.29 is 9.53 Å². The predicted octanol–water partition coefficient (Wildman–Crippen LogP) is 2.78. The van der Waals surface area contributed by atoms with Crippen LogP contribution in [0.3, 0.4) is 0 Å². The summed E-state index contributed by atoms with van der Waals surface area (Å²) in [5.41, 5.74) is 1.11. The Morgan fingerprint density at radius 2 is 1.92 bits per heavy atom. The summed E-state index contributed by atoms with van der Waals surface area (Å²) >= 11 is 0. The number of urea groups is 1. The Kier molecular flexibility index (Phi) is 4.60. The second-order valence-corrected chi connectivity index (χ2v) is 7.16. The molecular formula is C19H27N3O2. The summed E-state index contributed by atoms with van der Waals surface area (Å²) in [5.74, 6) is 0.914. The van der Waals surface area contributed by atoms with Crippen molar-refractivity contribution in [2.45, 2.75) is 44.2 Å². The topological polar surface area (TPSA) is 44.8 Å². The first-order chi connectivity index (χ1) is 11.8. The fraction of sp³-hybridized carbons (Fsp3) is 0.632. The average molecular weight is 329 g/mol. The molecule has 0 aromatic heterocycles. The van der Waals surface area contributed by atoms with E-state index in [0.717, 1.165) is 50.3 Å². The van der Waals surface area contributed by atoms with E-state index in [1.165, 1.54) is 25.9 Å². The predicted molar refractivity (Wildman–Crippen MR) is 93.2 cm³/mol. The van der Waals surface area contributed by atoms with E-state index in [1.54, 1.807) is 0 Å². The van der Waals surface area contributed by atoms with Gasteiger partial charge in [-0.2, -0.15) is 0 Å². The van der Waals surface area contributed by atoms with Gasteiger partial charge in [-0.15, -0.1) is 0 Å². The Morgan fingerprint density at radius 3 is 2.79 bits per heavy atom. The molecule has 2 amide bonds. The molecule has 5 heteroatoms. The maximum atomic E-state index is 12.8. The van der Waals surface area contributed by atoms with E-state index in [1.807, 2.05) is 23.1 Å². The molecule has 2 fully saturated rings. The fourth-order valence-electron chi connectivity index (χ4n) is 4.25. The number of rotatable bonds is 2. The first-order valence-electron chi connectivity index (χ1n) is 9.32. The molecular weight excluding hydrogens is 302 g/mol. The molecule has 0 spiro atoms. The molecule has 3 aliphatic heterocycles. The van der Waals surface area contributed by atoms with E-state index in [0.29, 0.717) is 6.04 Å². The first kappa shape index (κ1) is 15.8. The molecule has 2 atom stereocenters. The lowest BCUT2D eigenvalue weighted by atomic mass is 10.0. The molecule has 2 saturated heterocycles. The van der Waals surface area contributed by atoms with Gasteiger partial charge in [0.2, 0.25) is 0 Å². The van der Waals surface area contributed by atoms with Crippen LogP contribution in [-0.2, 0) is 0 Å². The van der Waals surface area contributed by atoms with Gasteiger partial charge in [-0.1, -0.05) is 18.2 Å². The van der Waals surface area contributed by atoms with Crippen LogP contribution >= 0.6 is 0 Å². The number of amides is 2. The zero-order valence-corrected chi connectivity index (χ0v) is 14.2. The normalized spacial score (nSPS) is 27.4. The third-order valence-corrected chi connectivity index (χ3v) is 5.59. The number of likely N-dealkylation sites (tertiary alicyclic amines) is 2. The van der Waals surface area contributed by atoms with Crippen molar-refractivity contribution in [1.29, 1.82) is 0 Å². The van der Waals surface area contributed by atoms with Gasteiger partial charge in [-0.25, -0.2) is 4.79 Å². The second kappa shape index (κ2) is 7.01. The number of fused-ring (bicyclic) bond motifs is 1. The molecule has 0 radical (unpaired) electrons. The zero-order valence-electron chi connectivity index (χ0n) is 14.2. The lowest BCUT2D eigenvalue weighted by molar-refractivity contribution is 0.194. The molecule has 24 heavy (non-hydrogen) atoms. The number of carbonyl (C=O) groups is 1. The Labute approximate surface area is 144 Å². The van der Waals surface area contributed by atoms with Crippen LogP contribution in [0.5, 0.6) is 5.75 Å². The van der Waals surface area contributed by atoms with Gasteiger partial charge in [-0.05, 0) is 51.3 Å². The standard InChI is InChI=1S/C19H27N3O2/c23-19(22-12-9-15(14-22)21-10-3-4-11-21)20-17-7-5-13-24-18-8-2-1-6-16(17)18/h1-2,6,8,15,17H,3-5,7,9-14H2,(H,20,23). The molecule has 3 aliphatic rings. The summed E-state index contributed by atoms with van der Waals surface area (Å²) in [7, 11) is 0. The number of benzene rings is 1. The SMILES string of the molecule is O=C(NC1CCCOc2ccccc21)N1CCC(N2CCCC2)C1. The molecule has 0 aliphatic carbocycles. The van der Waals surface area contributed by atoms with Crippen molar-refractivity contribution >= 4 is 6.03 Å². The maximum absolute atomic E-state index is 12.8. The summed E-state index contributed by atoms with van der Waals surface area (Å²) < 4.78 is 5.80. The van der Waals surface area contributed by atoms with Crippen LogP contribution in [0.1, 0.15) is 43.7 Å². The Balaban J connectivity index is 1.39. The average Bonchev–Trinajstić information content (AvgIpc) is 3.25. The molecule has 5 nitrogen and oxygen atoms in total. The smallest absolute Gasteiger partial charge is 0.317 e. The fourth-order valence-corrected chi connectivity index (χ4v) is 4.25. The van der Waals surface area contributed by atoms with Crippen LogP contribution < -0.4 is 10.1 Å². The van der Waals surface area contributed by atoms with Crippen LogP contribution in [-0.4, -0.2) is 54.7 Å². The highest BCUT2D eigenvalue weighted by Crippen LogP contribution is 2.31. The van der Waals surface area contributed by atoms with Gasteiger partial charge in [0.15, 0.2) is 0 Å². The number of carbonyl (C=O) groups excluding carboxylic acids is 1. The van der Waals surface area contributed by atoms with E-state index in [4.69, 9.17) is 4.74 Å². The van der Waals surface area contributed by atoms with Crippen LogP contribution in [0.25, 0.3) is 0 Å². The van der Waals surface area contributed by atoms with E-state index >= 15 is 0 Å². The Hall–Kier alpha value is -1.75. The number of nitrogens with zero attached hydrogens (tertiary/aromatic N) is 2. The Morgan fingerprint density at radius 1 is 1.08 bits per heavy atom. The lowest BCUT2D eigenvalue weighted by Crippen LogP contribution is -2.42. The minimum absolute atomic E-state index is 0.0574. The van der Waals surface area contributed by atoms with Gasteiger partial charge in [0, 0.05) is 24.7 Å². The van der Waals surface area contributed by atoms with Crippen LogP contribution in [0.15, 0.2) is 24.3 Å². The molecule has 1 aromatic carbocycles. The minimum Gasteiger partial charge on any atom is -0.493 e.